The first-order valence-corrected chi connectivity index (χ1v) is 6.69. The molecule has 0 radical (unpaired) electrons. The zero-order valence-corrected chi connectivity index (χ0v) is 11.9. The van der Waals surface area contributed by atoms with Crippen LogP contribution in [0.15, 0.2) is 24.3 Å². The third kappa shape index (κ3) is 5.30. The lowest BCUT2D eigenvalue weighted by Gasteiger charge is -2.27. The Kier molecular flexibility index (Phi) is 5.36. The van der Waals surface area contributed by atoms with Crippen LogP contribution >= 0.6 is 0 Å². The van der Waals surface area contributed by atoms with Gasteiger partial charge in [0.2, 0.25) is 5.91 Å². The minimum atomic E-state index is -0.569. The number of nitrogens with one attached hydrogen (secondary N) is 1. The van der Waals surface area contributed by atoms with Gasteiger partial charge in [-0.3, -0.25) is 4.79 Å². The van der Waals surface area contributed by atoms with Crippen molar-refractivity contribution in [1.82, 2.24) is 5.32 Å². The van der Waals surface area contributed by atoms with Gasteiger partial charge in [0.25, 0.3) is 0 Å². The second kappa shape index (κ2) is 6.57. The highest BCUT2D eigenvalue weighted by Gasteiger charge is 2.23. The molecule has 0 fully saturated rings. The van der Waals surface area contributed by atoms with Gasteiger partial charge in [0, 0.05) is 5.54 Å². The minimum absolute atomic E-state index is 0.133. The average Bonchev–Trinajstić information content (AvgIpc) is 2.31. The van der Waals surface area contributed by atoms with E-state index >= 15 is 0 Å². The van der Waals surface area contributed by atoms with Crippen LogP contribution in [0, 0.1) is 0 Å². The molecule has 1 aromatic carbocycles. The van der Waals surface area contributed by atoms with Gasteiger partial charge in [0.15, 0.2) is 0 Å². The van der Waals surface area contributed by atoms with Crippen LogP contribution in [0.2, 0.25) is 0 Å². The van der Waals surface area contributed by atoms with Crippen LogP contribution in [-0.4, -0.2) is 22.6 Å². The first-order chi connectivity index (χ1) is 8.84. The summed E-state index contributed by atoms with van der Waals surface area (Å²) in [5, 5.41) is 12.2. The summed E-state index contributed by atoms with van der Waals surface area (Å²) in [6.45, 7) is 6.09. The molecule has 0 saturated carbocycles. The van der Waals surface area contributed by atoms with Crippen LogP contribution in [0.25, 0.3) is 0 Å². The highest BCUT2D eigenvalue weighted by atomic mass is 16.3. The van der Waals surface area contributed by atoms with Gasteiger partial charge in [-0.2, -0.15) is 0 Å². The van der Waals surface area contributed by atoms with Crippen molar-refractivity contribution < 1.29 is 9.90 Å². The summed E-state index contributed by atoms with van der Waals surface area (Å²) in [7, 11) is 0. The van der Waals surface area contributed by atoms with E-state index in [0.717, 1.165) is 18.4 Å². The lowest BCUT2D eigenvalue weighted by atomic mass is 9.97. The monoisotopic (exact) mass is 264 g/mol. The summed E-state index contributed by atoms with van der Waals surface area (Å²) in [4.78, 5) is 12.0. The standard InChI is InChI=1S/C15H24N2O2/c1-4-9-15(2,3)17-14(19)13(16)10-11-5-7-12(18)8-6-11/h5-8,13,18H,4,9-10,16H2,1-3H3,(H,17,19)/t13-/m1/s1. The van der Waals surface area contributed by atoms with E-state index in [1.54, 1.807) is 24.3 Å². The molecule has 1 rings (SSSR count). The Labute approximate surface area is 115 Å². The van der Waals surface area contributed by atoms with Crippen molar-refractivity contribution in [1.29, 1.82) is 0 Å². The maximum atomic E-state index is 12.0. The number of aromatic hydroxyl groups is 1. The van der Waals surface area contributed by atoms with Crippen LogP contribution in [0.4, 0.5) is 0 Å². The average molecular weight is 264 g/mol. The third-order valence-corrected chi connectivity index (χ3v) is 3.07. The number of phenolic OH excluding ortho intramolecular Hbond substituents is 1. The zero-order valence-electron chi connectivity index (χ0n) is 11.9. The van der Waals surface area contributed by atoms with Gasteiger partial charge in [-0.15, -0.1) is 0 Å². The van der Waals surface area contributed by atoms with Crippen molar-refractivity contribution in [2.24, 2.45) is 5.73 Å². The summed E-state index contributed by atoms with van der Waals surface area (Å²) >= 11 is 0. The molecule has 0 unspecified atom stereocenters. The number of rotatable bonds is 6. The number of phenols is 1. The minimum Gasteiger partial charge on any atom is -0.508 e. The predicted molar refractivity (Wildman–Crippen MR) is 76.9 cm³/mol. The molecule has 1 atom stereocenters. The van der Waals surface area contributed by atoms with Crippen molar-refractivity contribution >= 4 is 5.91 Å². The first-order valence-electron chi connectivity index (χ1n) is 6.69. The van der Waals surface area contributed by atoms with Gasteiger partial charge in [0.05, 0.1) is 6.04 Å². The van der Waals surface area contributed by atoms with E-state index in [1.165, 1.54) is 0 Å². The number of benzene rings is 1. The van der Waals surface area contributed by atoms with Gasteiger partial charge in [-0.05, 0) is 44.4 Å². The van der Waals surface area contributed by atoms with E-state index < -0.39 is 6.04 Å². The van der Waals surface area contributed by atoms with Gasteiger partial charge >= 0.3 is 0 Å². The Hall–Kier alpha value is -1.55. The molecule has 0 aliphatic heterocycles. The molecule has 0 bridgehead atoms. The number of hydrogen-bond acceptors (Lipinski definition) is 3. The van der Waals surface area contributed by atoms with E-state index in [1.807, 2.05) is 13.8 Å². The lowest BCUT2D eigenvalue weighted by molar-refractivity contribution is -0.124. The van der Waals surface area contributed by atoms with Crippen molar-refractivity contribution in [2.45, 2.75) is 51.6 Å². The summed E-state index contributed by atoms with van der Waals surface area (Å²) < 4.78 is 0. The van der Waals surface area contributed by atoms with E-state index in [-0.39, 0.29) is 17.2 Å². The maximum Gasteiger partial charge on any atom is 0.237 e. The van der Waals surface area contributed by atoms with E-state index in [9.17, 15) is 9.90 Å². The number of carbonyl (C=O) groups excluding carboxylic acids is 1. The Morgan fingerprint density at radius 1 is 1.37 bits per heavy atom. The van der Waals surface area contributed by atoms with Gasteiger partial charge in [-0.25, -0.2) is 0 Å². The molecule has 4 N–H and O–H groups in total. The Balaban J connectivity index is 2.55. The normalized spacial score (nSPS) is 13.1. The van der Waals surface area contributed by atoms with E-state index in [4.69, 9.17) is 5.73 Å². The number of nitrogens with two attached hydrogens (primary N) is 1. The second-order valence-electron chi connectivity index (χ2n) is 5.60. The molecule has 0 spiro atoms. The fraction of sp³-hybridized carbons (Fsp3) is 0.533. The molecule has 4 heteroatoms. The fourth-order valence-corrected chi connectivity index (χ4v) is 2.09. The van der Waals surface area contributed by atoms with Crippen molar-refractivity contribution in [3.05, 3.63) is 29.8 Å². The van der Waals surface area contributed by atoms with Crippen molar-refractivity contribution in [3.63, 3.8) is 0 Å². The molecule has 0 aliphatic carbocycles. The molecule has 0 aliphatic rings. The topological polar surface area (TPSA) is 75.4 Å². The van der Waals surface area contributed by atoms with E-state index in [0.29, 0.717) is 6.42 Å². The van der Waals surface area contributed by atoms with Crippen LogP contribution in [-0.2, 0) is 11.2 Å². The fourth-order valence-electron chi connectivity index (χ4n) is 2.09. The lowest BCUT2D eigenvalue weighted by Crippen LogP contribution is -2.51. The SMILES string of the molecule is CCCC(C)(C)NC(=O)[C@H](N)Cc1ccc(O)cc1. The second-order valence-corrected chi connectivity index (χ2v) is 5.60. The van der Waals surface area contributed by atoms with Crippen molar-refractivity contribution in [3.8, 4) is 5.75 Å². The molecule has 106 valence electrons. The summed E-state index contributed by atoms with van der Waals surface area (Å²) in [6, 6.07) is 6.18. The first kappa shape index (κ1) is 15.5. The molecule has 0 saturated heterocycles. The quantitative estimate of drug-likeness (QED) is 0.735. The van der Waals surface area contributed by atoms with Gasteiger partial charge < -0.3 is 16.2 Å². The summed E-state index contributed by atoms with van der Waals surface area (Å²) in [5.41, 5.74) is 6.63. The summed E-state index contributed by atoms with van der Waals surface area (Å²) in [5.74, 6) is 0.0809. The maximum absolute atomic E-state index is 12.0. The number of amides is 1. The Morgan fingerprint density at radius 2 is 1.95 bits per heavy atom. The molecule has 0 heterocycles. The molecule has 19 heavy (non-hydrogen) atoms. The third-order valence-electron chi connectivity index (χ3n) is 3.07. The van der Waals surface area contributed by atoms with Crippen molar-refractivity contribution in [2.75, 3.05) is 0 Å². The molecule has 1 aromatic rings. The largest absolute Gasteiger partial charge is 0.508 e. The number of carbonyl (C=O) groups is 1. The molecule has 4 nitrogen and oxygen atoms in total. The zero-order chi connectivity index (χ0) is 14.5. The van der Waals surface area contributed by atoms with Crippen LogP contribution in [0.5, 0.6) is 5.75 Å². The predicted octanol–water partition coefficient (Wildman–Crippen LogP) is 1.96. The summed E-state index contributed by atoms with van der Waals surface area (Å²) in [6.07, 6.45) is 2.40. The molecular formula is C15H24N2O2. The molecule has 1 amide bonds. The molecule has 0 aromatic heterocycles. The highest BCUT2D eigenvalue weighted by molar-refractivity contribution is 5.82. The van der Waals surface area contributed by atoms with Crippen LogP contribution in [0.1, 0.15) is 39.2 Å². The van der Waals surface area contributed by atoms with Gasteiger partial charge in [0.1, 0.15) is 5.75 Å². The Bertz CT molecular complexity index is 413. The van der Waals surface area contributed by atoms with Gasteiger partial charge in [-0.1, -0.05) is 25.5 Å². The number of hydrogen-bond donors (Lipinski definition) is 3. The Morgan fingerprint density at radius 3 is 2.47 bits per heavy atom. The van der Waals surface area contributed by atoms with Crippen LogP contribution in [0.3, 0.4) is 0 Å². The highest BCUT2D eigenvalue weighted by Crippen LogP contribution is 2.13. The van der Waals surface area contributed by atoms with Crippen LogP contribution < -0.4 is 11.1 Å². The van der Waals surface area contributed by atoms with E-state index in [2.05, 4.69) is 12.2 Å². The smallest absolute Gasteiger partial charge is 0.237 e. The molecular weight excluding hydrogens is 240 g/mol.